The van der Waals surface area contributed by atoms with Crippen LogP contribution in [0, 0.1) is 23.7 Å². The number of benzene rings is 1. The van der Waals surface area contributed by atoms with Gasteiger partial charge in [0.25, 0.3) is 0 Å². The fourth-order valence-corrected chi connectivity index (χ4v) is 5.05. The molecule has 0 aliphatic carbocycles. The Morgan fingerprint density at radius 3 is 1.52 bits per heavy atom. The molecule has 0 amide bonds. The van der Waals surface area contributed by atoms with E-state index in [0.717, 1.165) is 55.2 Å². The minimum atomic E-state index is 0.647. The monoisotopic (exact) mass is 394 g/mol. The van der Waals surface area contributed by atoms with Gasteiger partial charge < -0.3 is 15.5 Å². The van der Waals surface area contributed by atoms with Crippen LogP contribution in [0.3, 0.4) is 0 Å². The van der Waals surface area contributed by atoms with E-state index in [-0.39, 0.29) is 0 Å². The van der Waals surface area contributed by atoms with Crippen molar-refractivity contribution in [1.29, 1.82) is 0 Å². The van der Waals surface area contributed by atoms with Gasteiger partial charge >= 0.3 is 0 Å². The zero-order valence-corrected chi connectivity index (χ0v) is 18.2. The summed E-state index contributed by atoms with van der Waals surface area (Å²) in [5.41, 5.74) is 7.63. The maximum absolute atomic E-state index is 5.89. The second kappa shape index (κ2) is 8.17. The number of anilines is 3. The molecule has 6 nitrogen and oxygen atoms in total. The minimum Gasteiger partial charge on any atom is -0.399 e. The number of nitrogens with two attached hydrogens (primary N) is 1. The number of nitrogens with zero attached hydrogens (tertiary/aromatic N) is 5. The van der Waals surface area contributed by atoms with Crippen LogP contribution in [-0.2, 0) is 0 Å². The van der Waals surface area contributed by atoms with E-state index in [9.17, 15) is 0 Å². The fourth-order valence-electron chi connectivity index (χ4n) is 5.05. The second-order valence-corrected chi connectivity index (χ2v) is 9.58. The van der Waals surface area contributed by atoms with Crippen molar-refractivity contribution in [3.8, 4) is 11.4 Å². The number of nitrogen functional groups attached to an aromatic ring is 1. The third kappa shape index (κ3) is 4.62. The summed E-state index contributed by atoms with van der Waals surface area (Å²) in [7, 11) is 0. The van der Waals surface area contributed by atoms with E-state index < -0.39 is 0 Å². The highest BCUT2D eigenvalue weighted by Crippen LogP contribution is 2.30. The molecule has 0 bridgehead atoms. The van der Waals surface area contributed by atoms with Crippen LogP contribution in [0.1, 0.15) is 40.5 Å². The van der Waals surface area contributed by atoms with Crippen LogP contribution < -0.4 is 15.5 Å². The number of hydrogen-bond donors (Lipinski definition) is 1. The Bertz CT molecular complexity index is 772. The third-order valence-electron chi connectivity index (χ3n) is 6.08. The van der Waals surface area contributed by atoms with Gasteiger partial charge in [0, 0.05) is 37.4 Å². The molecule has 1 aromatic carbocycles. The van der Waals surface area contributed by atoms with E-state index in [1.54, 1.807) is 0 Å². The molecule has 2 fully saturated rings. The van der Waals surface area contributed by atoms with Gasteiger partial charge in [-0.1, -0.05) is 27.7 Å². The topological polar surface area (TPSA) is 71.2 Å². The van der Waals surface area contributed by atoms with Crippen LogP contribution in [0.4, 0.5) is 17.6 Å². The van der Waals surface area contributed by atoms with Crippen molar-refractivity contribution in [1.82, 2.24) is 15.0 Å². The molecule has 3 heterocycles. The molecule has 29 heavy (non-hydrogen) atoms. The van der Waals surface area contributed by atoms with E-state index in [1.807, 2.05) is 24.3 Å². The van der Waals surface area contributed by atoms with Gasteiger partial charge in [0.05, 0.1) is 0 Å². The van der Waals surface area contributed by atoms with Gasteiger partial charge in [-0.2, -0.15) is 15.0 Å². The SMILES string of the molecule is CC1CC(C)CN(c2nc(-c3ccc(N)cc3)nc(N3CC(C)CC(C)C3)n2)C1. The highest BCUT2D eigenvalue weighted by Gasteiger charge is 2.28. The largest absolute Gasteiger partial charge is 0.399 e. The second-order valence-electron chi connectivity index (χ2n) is 9.58. The van der Waals surface area contributed by atoms with Crippen molar-refractivity contribution < 1.29 is 0 Å². The summed E-state index contributed by atoms with van der Waals surface area (Å²) in [4.78, 5) is 19.5. The Labute approximate surface area is 174 Å². The highest BCUT2D eigenvalue weighted by molar-refractivity contribution is 5.61. The van der Waals surface area contributed by atoms with Crippen LogP contribution in [0.5, 0.6) is 0 Å². The van der Waals surface area contributed by atoms with Gasteiger partial charge in [-0.25, -0.2) is 0 Å². The Hall–Kier alpha value is -2.37. The summed E-state index contributed by atoms with van der Waals surface area (Å²) in [6, 6.07) is 7.82. The number of hydrogen-bond acceptors (Lipinski definition) is 6. The summed E-state index contributed by atoms with van der Waals surface area (Å²) in [5.74, 6) is 4.95. The van der Waals surface area contributed by atoms with Gasteiger partial charge in [0.1, 0.15) is 0 Å². The summed E-state index contributed by atoms with van der Waals surface area (Å²) in [6.45, 7) is 13.3. The normalized spacial score (nSPS) is 27.9. The number of piperidine rings is 2. The average molecular weight is 395 g/mol. The lowest BCUT2D eigenvalue weighted by Crippen LogP contribution is -2.42. The van der Waals surface area contributed by atoms with Crippen molar-refractivity contribution in [2.45, 2.75) is 40.5 Å². The van der Waals surface area contributed by atoms with Crippen LogP contribution in [0.15, 0.2) is 24.3 Å². The van der Waals surface area contributed by atoms with Gasteiger partial charge in [-0.3, -0.25) is 0 Å². The molecule has 4 atom stereocenters. The summed E-state index contributed by atoms with van der Waals surface area (Å²) in [5, 5.41) is 0. The van der Waals surface area contributed by atoms with E-state index in [2.05, 4.69) is 37.5 Å². The van der Waals surface area contributed by atoms with Crippen LogP contribution in [-0.4, -0.2) is 41.1 Å². The Morgan fingerprint density at radius 1 is 0.690 bits per heavy atom. The summed E-state index contributed by atoms with van der Waals surface area (Å²) in [6.07, 6.45) is 2.53. The van der Waals surface area contributed by atoms with Crippen molar-refractivity contribution >= 4 is 17.6 Å². The fraction of sp³-hybridized carbons (Fsp3) is 0.609. The van der Waals surface area contributed by atoms with Gasteiger partial charge in [0.15, 0.2) is 5.82 Å². The molecule has 2 aromatic rings. The Balaban J connectivity index is 1.74. The van der Waals surface area contributed by atoms with Crippen molar-refractivity contribution in [3.63, 3.8) is 0 Å². The van der Waals surface area contributed by atoms with E-state index >= 15 is 0 Å². The van der Waals surface area contributed by atoms with E-state index in [1.165, 1.54) is 12.8 Å². The molecule has 4 unspecified atom stereocenters. The highest BCUT2D eigenvalue weighted by atomic mass is 15.3. The first-order valence-corrected chi connectivity index (χ1v) is 11.0. The molecule has 4 rings (SSSR count). The predicted molar refractivity (Wildman–Crippen MR) is 120 cm³/mol. The molecule has 6 heteroatoms. The molecule has 2 saturated heterocycles. The third-order valence-corrected chi connectivity index (χ3v) is 6.08. The number of rotatable bonds is 3. The molecular formula is C23H34N6. The molecule has 0 saturated carbocycles. The quantitative estimate of drug-likeness (QED) is 0.791. The van der Waals surface area contributed by atoms with Crippen LogP contribution in [0.2, 0.25) is 0 Å². The first-order chi connectivity index (χ1) is 13.9. The molecule has 2 aliphatic rings. The summed E-state index contributed by atoms with van der Waals surface area (Å²) >= 11 is 0. The first-order valence-electron chi connectivity index (χ1n) is 11.0. The Morgan fingerprint density at radius 2 is 1.10 bits per heavy atom. The molecule has 1 aromatic heterocycles. The Kier molecular flexibility index (Phi) is 5.61. The van der Waals surface area contributed by atoms with Gasteiger partial charge in [-0.05, 0) is 60.8 Å². The van der Waals surface area contributed by atoms with Crippen molar-refractivity contribution in [2.24, 2.45) is 23.7 Å². The van der Waals surface area contributed by atoms with E-state index in [4.69, 9.17) is 20.7 Å². The predicted octanol–water partition coefficient (Wildman–Crippen LogP) is 4.09. The standard InChI is InChI=1S/C23H34N6/c1-15-9-16(2)12-28(11-15)22-25-21(19-5-7-20(24)8-6-19)26-23(27-22)29-13-17(3)10-18(4)14-29/h5-8,15-18H,9-14,24H2,1-4H3. The molecule has 156 valence electrons. The maximum atomic E-state index is 5.89. The molecule has 2 N–H and O–H groups in total. The van der Waals surface area contributed by atoms with Crippen LogP contribution >= 0.6 is 0 Å². The maximum Gasteiger partial charge on any atom is 0.230 e. The smallest absolute Gasteiger partial charge is 0.230 e. The average Bonchev–Trinajstić information content (AvgIpc) is 2.67. The van der Waals surface area contributed by atoms with E-state index in [0.29, 0.717) is 23.7 Å². The number of aromatic nitrogens is 3. The van der Waals surface area contributed by atoms with Crippen molar-refractivity contribution in [3.05, 3.63) is 24.3 Å². The molecule has 0 spiro atoms. The molecule has 2 aliphatic heterocycles. The van der Waals surface area contributed by atoms with Crippen molar-refractivity contribution in [2.75, 3.05) is 41.7 Å². The lowest BCUT2D eigenvalue weighted by Gasteiger charge is -2.37. The lowest BCUT2D eigenvalue weighted by molar-refractivity contribution is 0.349. The lowest BCUT2D eigenvalue weighted by atomic mass is 9.92. The molecule has 0 radical (unpaired) electrons. The zero-order valence-electron chi connectivity index (χ0n) is 18.2. The van der Waals surface area contributed by atoms with Gasteiger partial charge in [-0.15, -0.1) is 0 Å². The van der Waals surface area contributed by atoms with Crippen LogP contribution in [0.25, 0.3) is 11.4 Å². The zero-order chi connectivity index (χ0) is 20.5. The first kappa shape index (κ1) is 19.9. The van der Waals surface area contributed by atoms with Gasteiger partial charge in [0.2, 0.25) is 11.9 Å². The minimum absolute atomic E-state index is 0.647. The molecular weight excluding hydrogens is 360 g/mol. The summed E-state index contributed by atoms with van der Waals surface area (Å²) < 4.78 is 0.